The number of carbonyl (C=O) groups excluding carboxylic acids is 1. The zero-order valence-electron chi connectivity index (χ0n) is 19.6. The highest BCUT2D eigenvalue weighted by Gasteiger charge is 2.27. The van der Waals surface area contributed by atoms with Crippen LogP contribution < -0.4 is 10.1 Å². The molecule has 0 radical (unpaired) electrons. The minimum Gasteiger partial charge on any atom is -0.491 e. The van der Waals surface area contributed by atoms with Gasteiger partial charge in [0, 0.05) is 12.1 Å². The number of piperidine rings is 1. The molecule has 0 spiro atoms. The molecule has 33 heavy (non-hydrogen) atoms. The van der Waals surface area contributed by atoms with Gasteiger partial charge in [0.1, 0.15) is 12.4 Å². The maximum absolute atomic E-state index is 12.9. The minimum absolute atomic E-state index is 0.0566. The number of carbonyl (C=O) groups is 1. The van der Waals surface area contributed by atoms with Crippen LogP contribution >= 0.6 is 0 Å². The van der Waals surface area contributed by atoms with Gasteiger partial charge in [-0.2, -0.15) is 4.98 Å². The van der Waals surface area contributed by atoms with Gasteiger partial charge in [0.25, 0.3) is 0 Å². The first-order chi connectivity index (χ1) is 16.0. The SMILES string of the molecule is Cc1cccc(-c2noc(CN3CCCC(C(=O)NC(C)COc4ccccc4C)C3)n2)c1. The number of para-hydroxylation sites is 1. The first-order valence-corrected chi connectivity index (χ1v) is 11.6. The molecule has 7 nitrogen and oxygen atoms in total. The molecule has 0 bridgehead atoms. The van der Waals surface area contributed by atoms with E-state index in [1.54, 1.807) is 0 Å². The van der Waals surface area contributed by atoms with E-state index in [1.807, 2.05) is 69.3 Å². The predicted molar refractivity (Wildman–Crippen MR) is 127 cm³/mol. The van der Waals surface area contributed by atoms with Crippen molar-refractivity contribution in [3.8, 4) is 17.1 Å². The van der Waals surface area contributed by atoms with E-state index in [4.69, 9.17) is 9.26 Å². The van der Waals surface area contributed by atoms with Gasteiger partial charge in [-0.1, -0.05) is 47.1 Å². The number of rotatable bonds is 8. The lowest BCUT2D eigenvalue weighted by molar-refractivity contribution is -0.127. The fraction of sp³-hybridized carbons (Fsp3) is 0.423. The van der Waals surface area contributed by atoms with Gasteiger partial charge in [0.05, 0.1) is 18.5 Å². The summed E-state index contributed by atoms with van der Waals surface area (Å²) in [5, 5.41) is 7.24. The predicted octanol–water partition coefficient (Wildman–Crippen LogP) is 4.15. The second kappa shape index (κ2) is 10.6. The maximum Gasteiger partial charge on any atom is 0.241 e. The first kappa shape index (κ1) is 23.0. The van der Waals surface area contributed by atoms with Crippen LogP contribution in [0.15, 0.2) is 53.1 Å². The molecular formula is C26H32N4O3. The molecular weight excluding hydrogens is 416 g/mol. The van der Waals surface area contributed by atoms with Gasteiger partial charge in [-0.15, -0.1) is 0 Å². The number of amides is 1. The van der Waals surface area contributed by atoms with E-state index >= 15 is 0 Å². The molecule has 0 saturated carbocycles. The Morgan fingerprint density at radius 1 is 1.24 bits per heavy atom. The number of likely N-dealkylation sites (tertiary alicyclic amines) is 1. The highest BCUT2D eigenvalue weighted by molar-refractivity contribution is 5.79. The summed E-state index contributed by atoms with van der Waals surface area (Å²) in [6.07, 6.45) is 1.84. The summed E-state index contributed by atoms with van der Waals surface area (Å²) in [5.74, 6) is 2.05. The molecule has 0 aliphatic carbocycles. The number of nitrogens with zero attached hydrogens (tertiary/aromatic N) is 3. The highest BCUT2D eigenvalue weighted by Crippen LogP contribution is 2.21. The minimum atomic E-state index is -0.0692. The number of benzene rings is 2. The van der Waals surface area contributed by atoms with E-state index in [0.717, 1.165) is 41.8 Å². The van der Waals surface area contributed by atoms with Gasteiger partial charge in [-0.05, 0) is 57.9 Å². The Morgan fingerprint density at radius 2 is 2.09 bits per heavy atom. The zero-order chi connectivity index (χ0) is 23.2. The summed E-state index contributed by atoms with van der Waals surface area (Å²) in [7, 11) is 0. The van der Waals surface area contributed by atoms with E-state index in [-0.39, 0.29) is 17.9 Å². The van der Waals surface area contributed by atoms with Gasteiger partial charge < -0.3 is 14.6 Å². The number of hydrogen-bond acceptors (Lipinski definition) is 6. The van der Waals surface area contributed by atoms with E-state index in [0.29, 0.717) is 31.4 Å². The van der Waals surface area contributed by atoms with Crippen LogP contribution in [-0.2, 0) is 11.3 Å². The number of aromatic nitrogens is 2. The van der Waals surface area contributed by atoms with Gasteiger partial charge in [0.15, 0.2) is 0 Å². The van der Waals surface area contributed by atoms with Crippen molar-refractivity contribution in [1.29, 1.82) is 0 Å². The molecule has 1 aliphatic heterocycles. The molecule has 1 aromatic heterocycles. The molecule has 174 valence electrons. The van der Waals surface area contributed by atoms with Gasteiger partial charge in [-0.25, -0.2) is 0 Å². The molecule has 1 aliphatic rings. The van der Waals surface area contributed by atoms with Gasteiger partial charge >= 0.3 is 0 Å². The first-order valence-electron chi connectivity index (χ1n) is 11.6. The second-order valence-electron chi connectivity index (χ2n) is 8.94. The normalized spacial score (nSPS) is 17.5. The van der Waals surface area contributed by atoms with Crippen LogP contribution in [0, 0.1) is 19.8 Å². The Kier molecular flexibility index (Phi) is 7.40. The summed E-state index contributed by atoms with van der Waals surface area (Å²) in [4.78, 5) is 19.6. The average Bonchev–Trinajstić information content (AvgIpc) is 3.27. The summed E-state index contributed by atoms with van der Waals surface area (Å²) < 4.78 is 11.4. The lowest BCUT2D eigenvalue weighted by Gasteiger charge is -2.31. The summed E-state index contributed by atoms with van der Waals surface area (Å²) in [5.41, 5.74) is 3.19. The van der Waals surface area contributed by atoms with Crippen LogP contribution in [0.2, 0.25) is 0 Å². The standard InChI is InChI=1S/C26H32N4O3/c1-18-8-6-10-21(14-18)25-28-24(33-29-25)16-30-13-7-11-22(15-30)26(31)27-20(3)17-32-23-12-5-4-9-19(23)2/h4-6,8-10,12,14,20,22H,7,11,13,15-17H2,1-3H3,(H,27,31). The van der Waals surface area contributed by atoms with Crippen LogP contribution in [0.5, 0.6) is 5.75 Å². The fourth-order valence-corrected chi connectivity index (χ4v) is 4.16. The molecule has 2 heterocycles. The third kappa shape index (κ3) is 6.20. The van der Waals surface area contributed by atoms with Crippen LogP contribution in [0.25, 0.3) is 11.4 Å². The Bertz CT molecular complexity index is 1080. The van der Waals surface area contributed by atoms with Gasteiger partial charge in [-0.3, -0.25) is 9.69 Å². The molecule has 1 saturated heterocycles. The Hall–Kier alpha value is -3.19. The van der Waals surface area contributed by atoms with Gasteiger partial charge in [0.2, 0.25) is 17.6 Å². The monoisotopic (exact) mass is 448 g/mol. The van der Waals surface area contributed by atoms with E-state index in [9.17, 15) is 4.79 Å². The third-order valence-electron chi connectivity index (χ3n) is 5.95. The smallest absolute Gasteiger partial charge is 0.241 e. The molecule has 1 fully saturated rings. The van der Waals surface area contributed by atoms with Crippen molar-refractivity contribution in [2.24, 2.45) is 5.92 Å². The molecule has 2 aromatic carbocycles. The lowest BCUT2D eigenvalue weighted by atomic mass is 9.97. The average molecular weight is 449 g/mol. The van der Waals surface area contributed by atoms with E-state index < -0.39 is 0 Å². The lowest BCUT2D eigenvalue weighted by Crippen LogP contribution is -2.46. The number of nitrogens with one attached hydrogen (secondary N) is 1. The van der Waals surface area contributed by atoms with E-state index in [2.05, 4.69) is 20.4 Å². The largest absolute Gasteiger partial charge is 0.491 e. The van der Waals surface area contributed by atoms with Crippen molar-refractivity contribution in [2.75, 3.05) is 19.7 Å². The van der Waals surface area contributed by atoms with Crippen molar-refractivity contribution in [3.05, 3.63) is 65.5 Å². The summed E-state index contributed by atoms with van der Waals surface area (Å²) in [6, 6.07) is 15.9. The topological polar surface area (TPSA) is 80.5 Å². The van der Waals surface area contributed by atoms with Crippen LogP contribution in [0.4, 0.5) is 0 Å². The quantitative estimate of drug-likeness (QED) is 0.558. The molecule has 2 unspecified atom stereocenters. The Labute approximate surface area is 195 Å². The highest BCUT2D eigenvalue weighted by atomic mass is 16.5. The number of aryl methyl sites for hydroxylation is 2. The third-order valence-corrected chi connectivity index (χ3v) is 5.95. The van der Waals surface area contributed by atoms with Crippen LogP contribution in [0.1, 0.15) is 36.8 Å². The molecule has 4 rings (SSSR count). The van der Waals surface area contributed by atoms with Crippen molar-refractivity contribution in [3.63, 3.8) is 0 Å². The molecule has 1 amide bonds. The summed E-state index contributed by atoms with van der Waals surface area (Å²) in [6.45, 7) is 8.62. The van der Waals surface area contributed by atoms with Crippen molar-refractivity contribution >= 4 is 5.91 Å². The fourth-order valence-electron chi connectivity index (χ4n) is 4.16. The maximum atomic E-state index is 12.9. The van der Waals surface area contributed by atoms with Crippen molar-refractivity contribution < 1.29 is 14.1 Å². The zero-order valence-corrected chi connectivity index (χ0v) is 19.6. The molecule has 1 N–H and O–H groups in total. The van der Waals surface area contributed by atoms with E-state index in [1.165, 1.54) is 0 Å². The van der Waals surface area contributed by atoms with Crippen molar-refractivity contribution in [2.45, 2.75) is 46.2 Å². The molecule has 7 heteroatoms. The van der Waals surface area contributed by atoms with Crippen LogP contribution in [0.3, 0.4) is 0 Å². The summed E-state index contributed by atoms with van der Waals surface area (Å²) >= 11 is 0. The second-order valence-corrected chi connectivity index (χ2v) is 8.94. The molecule has 2 atom stereocenters. The molecule has 3 aromatic rings. The Morgan fingerprint density at radius 3 is 2.91 bits per heavy atom. The van der Waals surface area contributed by atoms with Crippen molar-refractivity contribution in [1.82, 2.24) is 20.4 Å². The van der Waals surface area contributed by atoms with Crippen LogP contribution in [-0.4, -0.2) is 46.7 Å². The number of ether oxygens (including phenoxy) is 1. The number of hydrogen-bond donors (Lipinski definition) is 1. The Balaban J connectivity index is 1.27.